The lowest BCUT2D eigenvalue weighted by Gasteiger charge is -2.11. The van der Waals surface area contributed by atoms with Crippen LogP contribution in [0.4, 0.5) is 0 Å². The van der Waals surface area contributed by atoms with Gasteiger partial charge in [-0.05, 0) is 43.2 Å². The number of ether oxygens (including phenoxy) is 1. The predicted octanol–water partition coefficient (Wildman–Crippen LogP) is 1.64. The number of hydrogen-bond acceptors (Lipinski definition) is 5. The topological polar surface area (TPSA) is 108 Å². The first kappa shape index (κ1) is 19.1. The number of aromatic hydroxyl groups is 2. The van der Waals surface area contributed by atoms with Crippen LogP contribution >= 0.6 is 0 Å². The Morgan fingerprint density at radius 1 is 1.00 bits per heavy atom. The van der Waals surface area contributed by atoms with Crippen molar-refractivity contribution in [3.8, 4) is 17.2 Å². The molecular weight excluding hydrogens is 336 g/mol. The molecule has 7 heteroatoms. The number of benzene rings is 2. The second-order valence-corrected chi connectivity index (χ2v) is 5.83. The summed E-state index contributed by atoms with van der Waals surface area (Å²) in [4.78, 5) is 23.7. The Morgan fingerprint density at radius 2 is 1.65 bits per heavy atom. The van der Waals surface area contributed by atoms with Gasteiger partial charge in [0.2, 0.25) is 0 Å². The maximum atomic E-state index is 11.9. The Balaban J connectivity index is 1.71. The summed E-state index contributed by atoms with van der Waals surface area (Å²) in [5.74, 6) is -0.497. The van der Waals surface area contributed by atoms with E-state index in [0.717, 1.165) is 17.2 Å². The highest BCUT2D eigenvalue weighted by atomic mass is 16.5. The van der Waals surface area contributed by atoms with Crippen LogP contribution in [0.15, 0.2) is 36.4 Å². The Hall–Kier alpha value is -3.22. The molecule has 0 fully saturated rings. The summed E-state index contributed by atoms with van der Waals surface area (Å²) in [6.07, 6.45) is 0. The normalized spacial score (nSPS) is 10.2. The van der Waals surface area contributed by atoms with Crippen LogP contribution in [0.2, 0.25) is 0 Å². The molecule has 2 aromatic rings. The summed E-state index contributed by atoms with van der Waals surface area (Å²) in [7, 11) is 0. The number of nitrogens with one attached hydrogen (secondary N) is 2. The molecule has 26 heavy (non-hydrogen) atoms. The summed E-state index contributed by atoms with van der Waals surface area (Å²) in [5.41, 5.74) is 2.21. The SMILES string of the molecule is Cc1cccc(OCC(=O)NCCNC(=O)c2cc(O)cc(O)c2)c1C. The van der Waals surface area contributed by atoms with Crippen molar-refractivity contribution >= 4 is 11.8 Å². The minimum Gasteiger partial charge on any atom is -0.508 e. The summed E-state index contributed by atoms with van der Waals surface area (Å²) in [5, 5.41) is 24.0. The Labute approximate surface area is 151 Å². The van der Waals surface area contributed by atoms with Crippen LogP contribution < -0.4 is 15.4 Å². The lowest BCUT2D eigenvalue weighted by Crippen LogP contribution is -2.36. The fraction of sp³-hybridized carbons (Fsp3) is 0.263. The maximum Gasteiger partial charge on any atom is 0.258 e. The van der Waals surface area contributed by atoms with Gasteiger partial charge < -0.3 is 25.6 Å². The molecule has 7 nitrogen and oxygen atoms in total. The van der Waals surface area contributed by atoms with E-state index < -0.39 is 5.91 Å². The van der Waals surface area contributed by atoms with E-state index in [2.05, 4.69) is 10.6 Å². The van der Waals surface area contributed by atoms with Crippen molar-refractivity contribution < 1.29 is 24.5 Å². The fourth-order valence-corrected chi connectivity index (χ4v) is 2.28. The number of carbonyl (C=O) groups is 2. The van der Waals surface area contributed by atoms with Crippen molar-refractivity contribution in [3.63, 3.8) is 0 Å². The molecule has 0 aliphatic heterocycles. The van der Waals surface area contributed by atoms with Gasteiger partial charge in [0, 0.05) is 24.7 Å². The highest BCUT2D eigenvalue weighted by molar-refractivity contribution is 5.95. The van der Waals surface area contributed by atoms with E-state index in [-0.39, 0.29) is 42.7 Å². The standard InChI is InChI=1S/C19H22N2O5/c1-12-4-3-5-17(13(12)2)26-11-18(24)20-6-7-21-19(25)14-8-15(22)10-16(23)9-14/h3-5,8-10,22-23H,6-7,11H2,1-2H3,(H,20,24)(H,21,25). The first-order chi connectivity index (χ1) is 12.4. The van der Waals surface area contributed by atoms with Crippen LogP contribution in [0.3, 0.4) is 0 Å². The molecule has 0 aromatic heterocycles. The third kappa shape index (κ3) is 5.41. The molecule has 2 aromatic carbocycles. The van der Waals surface area contributed by atoms with Gasteiger partial charge in [0.15, 0.2) is 6.61 Å². The van der Waals surface area contributed by atoms with Gasteiger partial charge in [-0.3, -0.25) is 9.59 Å². The van der Waals surface area contributed by atoms with E-state index in [9.17, 15) is 19.8 Å². The minimum atomic E-state index is -0.461. The van der Waals surface area contributed by atoms with E-state index >= 15 is 0 Å². The molecule has 4 N–H and O–H groups in total. The van der Waals surface area contributed by atoms with Crippen LogP contribution in [0.5, 0.6) is 17.2 Å². The zero-order valence-corrected chi connectivity index (χ0v) is 14.7. The van der Waals surface area contributed by atoms with E-state index in [1.807, 2.05) is 26.0 Å². The van der Waals surface area contributed by atoms with E-state index in [1.165, 1.54) is 12.1 Å². The van der Waals surface area contributed by atoms with Crippen molar-refractivity contribution in [2.45, 2.75) is 13.8 Å². The number of carbonyl (C=O) groups excluding carboxylic acids is 2. The van der Waals surface area contributed by atoms with Crippen molar-refractivity contribution in [2.75, 3.05) is 19.7 Å². The molecule has 0 saturated heterocycles. The second-order valence-electron chi connectivity index (χ2n) is 5.83. The van der Waals surface area contributed by atoms with E-state index in [0.29, 0.717) is 5.75 Å². The van der Waals surface area contributed by atoms with Crippen LogP contribution in [-0.4, -0.2) is 41.7 Å². The molecule has 2 amide bonds. The molecule has 0 bridgehead atoms. The lowest BCUT2D eigenvalue weighted by molar-refractivity contribution is -0.123. The molecule has 0 atom stereocenters. The zero-order valence-electron chi connectivity index (χ0n) is 14.7. The molecule has 138 valence electrons. The first-order valence-electron chi connectivity index (χ1n) is 8.13. The summed E-state index contributed by atoms with van der Waals surface area (Å²) >= 11 is 0. The Bertz CT molecular complexity index is 784. The second kappa shape index (κ2) is 8.75. The Kier molecular flexibility index (Phi) is 6.43. The van der Waals surface area contributed by atoms with Gasteiger partial charge in [-0.15, -0.1) is 0 Å². The first-order valence-corrected chi connectivity index (χ1v) is 8.13. The van der Waals surface area contributed by atoms with Crippen molar-refractivity contribution in [1.82, 2.24) is 10.6 Å². The highest BCUT2D eigenvalue weighted by Crippen LogP contribution is 2.21. The zero-order chi connectivity index (χ0) is 19.1. The molecule has 0 aliphatic carbocycles. The number of phenolic OH excluding ortho intramolecular Hbond substituents is 2. The van der Waals surface area contributed by atoms with Crippen LogP contribution in [0, 0.1) is 13.8 Å². The minimum absolute atomic E-state index is 0.112. The van der Waals surface area contributed by atoms with Gasteiger partial charge in [-0.25, -0.2) is 0 Å². The Morgan fingerprint density at radius 3 is 2.35 bits per heavy atom. The summed E-state index contributed by atoms with van der Waals surface area (Å²) in [6.45, 7) is 4.21. The maximum absolute atomic E-state index is 11.9. The molecule has 0 radical (unpaired) electrons. The average molecular weight is 358 g/mol. The van der Waals surface area contributed by atoms with Crippen molar-refractivity contribution in [3.05, 3.63) is 53.1 Å². The number of amides is 2. The van der Waals surface area contributed by atoms with Gasteiger partial charge in [0.1, 0.15) is 17.2 Å². The molecular formula is C19H22N2O5. The number of hydrogen-bond donors (Lipinski definition) is 4. The van der Waals surface area contributed by atoms with Crippen molar-refractivity contribution in [2.24, 2.45) is 0 Å². The summed E-state index contributed by atoms with van der Waals surface area (Å²) in [6, 6.07) is 9.26. The fourth-order valence-electron chi connectivity index (χ4n) is 2.28. The smallest absolute Gasteiger partial charge is 0.258 e. The molecule has 0 spiro atoms. The summed E-state index contributed by atoms with van der Waals surface area (Å²) < 4.78 is 5.50. The molecule has 0 saturated carbocycles. The third-order valence-corrected chi connectivity index (χ3v) is 3.81. The van der Waals surface area contributed by atoms with Gasteiger partial charge >= 0.3 is 0 Å². The average Bonchev–Trinajstić information content (AvgIpc) is 2.59. The molecule has 2 rings (SSSR count). The number of rotatable bonds is 7. The number of aryl methyl sites for hydroxylation is 1. The van der Waals surface area contributed by atoms with Crippen LogP contribution in [0.25, 0.3) is 0 Å². The van der Waals surface area contributed by atoms with E-state index in [4.69, 9.17) is 4.74 Å². The molecule has 0 heterocycles. The van der Waals surface area contributed by atoms with Gasteiger partial charge in [0.05, 0.1) is 0 Å². The van der Waals surface area contributed by atoms with Gasteiger partial charge in [0.25, 0.3) is 11.8 Å². The largest absolute Gasteiger partial charge is 0.508 e. The quantitative estimate of drug-likeness (QED) is 0.563. The lowest BCUT2D eigenvalue weighted by atomic mass is 10.1. The third-order valence-electron chi connectivity index (χ3n) is 3.81. The highest BCUT2D eigenvalue weighted by Gasteiger charge is 2.09. The van der Waals surface area contributed by atoms with Crippen LogP contribution in [0.1, 0.15) is 21.5 Å². The monoisotopic (exact) mass is 358 g/mol. The van der Waals surface area contributed by atoms with Crippen LogP contribution in [-0.2, 0) is 4.79 Å². The van der Waals surface area contributed by atoms with Crippen molar-refractivity contribution in [1.29, 1.82) is 0 Å². The molecule has 0 aliphatic rings. The van der Waals surface area contributed by atoms with Gasteiger partial charge in [-0.1, -0.05) is 12.1 Å². The van der Waals surface area contributed by atoms with Gasteiger partial charge in [-0.2, -0.15) is 0 Å². The molecule has 0 unspecified atom stereocenters. The van der Waals surface area contributed by atoms with E-state index in [1.54, 1.807) is 6.07 Å². The predicted molar refractivity (Wildman–Crippen MR) is 96.5 cm³/mol. The number of phenols is 2.